The molecular weight excluding hydrogens is 326 g/mol. The highest BCUT2D eigenvalue weighted by molar-refractivity contribution is 6.30. The molecule has 0 bridgehead atoms. The first-order valence-corrected chi connectivity index (χ1v) is 7.81. The van der Waals surface area contributed by atoms with Crippen molar-refractivity contribution in [3.05, 3.63) is 76.6 Å². The number of hydrogen-bond acceptors (Lipinski definition) is 4. The molecule has 0 aliphatic heterocycles. The van der Waals surface area contributed by atoms with Crippen LogP contribution in [-0.4, -0.2) is 20.5 Å². The second-order valence-corrected chi connectivity index (χ2v) is 5.72. The van der Waals surface area contributed by atoms with E-state index in [9.17, 15) is 4.79 Å². The van der Waals surface area contributed by atoms with Crippen LogP contribution in [0.3, 0.4) is 0 Å². The van der Waals surface area contributed by atoms with Gasteiger partial charge in [-0.25, -0.2) is 9.78 Å². The van der Waals surface area contributed by atoms with Crippen LogP contribution in [0.5, 0.6) is 0 Å². The maximum absolute atomic E-state index is 12.4. The summed E-state index contributed by atoms with van der Waals surface area (Å²) in [6.07, 6.45) is 5.06. The fraction of sp³-hybridized carbons (Fsp3) is 0.167. The molecule has 0 radical (unpaired) electrons. The molecule has 5 nitrogen and oxygen atoms in total. The third-order valence-corrected chi connectivity index (χ3v) is 4.09. The monoisotopic (exact) mass is 341 g/mol. The first kappa shape index (κ1) is 16.2. The van der Waals surface area contributed by atoms with E-state index >= 15 is 0 Å². The number of rotatable bonds is 4. The van der Waals surface area contributed by atoms with Crippen molar-refractivity contribution in [2.45, 2.75) is 20.5 Å². The second kappa shape index (κ2) is 6.84. The van der Waals surface area contributed by atoms with E-state index in [1.165, 1.54) is 0 Å². The number of pyridine rings is 2. The molecule has 0 aromatic carbocycles. The molecule has 6 heteroatoms. The molecule has 0 fully saturated rings. The summed E-state index contributed by atoms with van der Waals surface area (Å²) in [6.45, 7) is 3.91. The number of carbonyl (C=O) groups is 1. The number of carbonyl (C=O) groups excluding carboxylic acids is 1. The van der Waals surface area contributed by atoms with Gasteiger partial charge in [0.2, 0.25) is 0 Å². The van der Waals surface area contributed by atoms with Gasteiger partial charge in [-0.05, 0) is 38.1 Å². The van der Waals surface area contributed by atoms with Crippen molar-refractivity contribution in [3.8, 4) is 5.69 Å². The van der Waals surface area contributed by atoms with Gasteiger partial charge >= 0.3 is 5.97 Å². The zero-order valence-corrected chi connectivity index (χ0v) is 14.1. The van der Waals surface area contributed by atoms with Gasteiger partial charge in [-0.2, -0.15) is 0 Å². The van der Waals surface area contributed by atoms with Crippen molar-refractivity contribution >= 4 is 17.6 Å². The van der Waals surface area contributed by atoms with E-state index in [0.717, 1.165) is 17.1 Å². The van der Waals surface area contributed by atoms with E-state index < -0.39 is 5.97 Å². The fourth-order valence-electron chi connectivity index (χ4n) is 2.60. The summed E-state index contributed by atoms with van der Waals surface area (Å²) < 4.78 is 7.36. The minimum atomic E-state index is -0.391. The predicted octanol–water partition coefficient (Wildman–Crippen LogP) is 3.89. The normalized spacial score (nSPS) is 10.6. The molecule has 0 unspecified atom stereocenters. The minimum absolute atomic E-state index is 0.0854. The Morgan fingerprint density at radius 2 is 2.04 bits per heavy atom. The highest BCUT2D eigenvalue weighted by Crippen LogP contribution is 2.22. The molecular formula is C18H16ClN3O2. The minimum Gasteiger partial charge on any atom is -0.457 e. The topological polar surface area (TPSA) is 57.0 Å². The van der Waals surface area contributed by atoms with Crippen LogP contribution < -0.4 is 0 Å². The highest BCUT2D eigenvalue weighted by atomic mass is 35.5. The lowest BCUT2D eigenvalue weighted by Crippen LogP contribution is -2.08. The van der Waals surface area contributed by atoms with E-state index in [1.54, 1.807) is 30.7 Å². The van der Waals surface area contributed by atoms with Gasteiger partial charge in [-0.1, -0.05) is 17.7 Å². The number of aryl methyl sites for hydroxylation is 1. The lowest BCUT2D eigenvalue weighted by Gasteiger charge is -2.09. The molecule has 0 amide bonds. The molecule has 3 rings (SSSR count). The molecule has 3 heterocycles. The maximum atomic E-state index is 12.4. The maximum Gasteiger partial charge on any atom is 0.340 e. The van der Waals surface area contributed by atoms with Crippen molar-refractivity contribution in [2.24, 2.45) is 0 Å². The molecule has 24 heavy (non-hydrogen) atoms. The van der Waals surface area contributed by atoms with Crippen LogP contribution in [0.25, 0.3) is 5.69 Å². The first-order chi connectivity index (χ1) is 11.6. The van der Waals surface area contributed by atoms with Gasteiger partial charge in [-0.3, -0.25) is 4.98 Å². The van der Waals surface area contributed by atoms with Crippen molar-refractivity contribution in [1.82, 2.24) is 14.5 Å². The molecule has 0 saturated carbocycles. The number of nitrogens with zero attached hydrogens (tertiary/aromatic N) is 3. The largest absolute Gasteiger partial charge is 0.457 e. The Labute approximate surface area is 144 Å². The van der Waals surface area contributed by atoms with E-state index in [-0.39, 0.29) is 6.61 Å². The zero-order chi connectivity index (χ0) is 17.1. The molecule has 3 aromatic rings. The van der Waals surface area contributed by atoms with Crippen LogP contribution in [0.15, 0.2) is 48.9 Å². The van der Waals surface area contributed by atoms with Crippen LogP contribution in [0.1, 0.15) is 27.3 Å². The van der Waals surface area contributed by atoms with Crippen molar-refractivity contribution in [1.29, 1.82) is 0 Å². The van der Waals surface area contributed by atoms with E-state index in [0.29, 0.717) is 16.3 Å². The van der Waals surface area contributed by atoms with Gasteiger partial charge < -0.3 is 9.30 Å². The van der Waals surface area contributed by atoms with Gasteiger partial charge in [0.15, 0.2) is 0 Å². The molecule has 0 aliphatic carbocycles. The third-order valence-electron chi connectivity index (χ3n) is 3.75. The highest BCUT2D eigenvalue weighted by Gasteiger charge is 2.18. The summed E-state index contributed by atoms with van der Waals surface area (Å²) in [4.78, 5) is 20.5. The first-order valence-electron chi connectivity index (χ1n) is 7.44. The number of esters is 1. The predicted molar refractivity (Wildman–Crippen MR) is 91.4 cm³/mol. The van der Waals surface area contributed by atoms with Crippen LogP contribution in [-0.2, 0) is 11.3 Å². The molecule has 0 N–H and O–H groups in total. The van der Waals surface area contributed by atoms with Crippen LogP contribution >= 0.6 is 11.6 Å². The standard InChI is InChI=1S/C18H16ClN3O2/c1-12-9-16(13(2)22(12)15-6-4-7-20-10-15)18(23)24-11-14-5-3-8-21-17(14)19/h3-10H,11H2,1-2H3. The third kappa shape index (κ3) is 3.16. The Balaban J connectivity index is 1.83. The lowest BCUT2D eigenvalue weighted by molar-refractivity contribution is 0.0471. The van der Waals surface area contributed by atoms with Gasteiger partial charge in [0.1, 0.15) is 11.8 Å². The molecule has 122 valence electrons. The quantitative estimate of drug-likeness (QED) is 0.533. The Morgan fingerprint density at radius 1 is 1.25 bits per heavy atom. The Bertz CT molecular complexity index is 875. The lowest BCUT2D eigenvalue weighted by atomic mass is 10.2. The van der Waals surface area contributed by atoms with Gasteiger partial charge in [-0.15, -0.1) is 0 Å². The van der Waals surface area contributed by atoms with Crippen LogP contribution in [0.4, 0.5) is 0 Å². The number of ether oxygens (including phenoxy) is 1. The molecule has 0 atom stereocenters. The Morgan fingerprint density at radius 3 is 2.75 bits per heavy atom. The number of halogens is 1. The van der Waals surface area contributed by atoms with Crippen molar-refractivity contribution in [3.63, 3.8) is 0 Å². The SMILES string of the molecule is Cc1cc(C(=O)OCc2cccnc2Cl)c(C)n1-c1cccnc1. The summed E-state index contributed by atoms with van der Waals surface area (Å²) in [5.41, 5.74) is 3.85. The molecule has 0 spiro atoms. The van der Waals surface area contributed by atoms with Gasteiger partial charge in [0.05, 0.1) is 17.4 Å². The number of hydrogen-bond donors (Lipinski definition) is 0. The van der Waals surface area contributed by atoms with Crippen LogP contribution in [0.2, 0.25) is 5.15 Å². The summed E-state index contributed by atoms with van der Waals surface area (Å²) in [6, 6.07) is 9.15. The summed E-state index contributed by atoms with van der Waals surface area (Å²) >= 11 is 5.98. The Kier molecular flexibility index (Phi) is 4.62. The van der Waals surface area contributed by atoms with Gasteiger partial charge in [0.25, 0.3) is 0 Å². The molecule has 0 aliphatic rings. The average molecular weight is 342 g/mol. The smallest absolute Gasteiger partial charge is 0.340 e. The average Bonchev–Trinajstić information content (AvgIpc) is 2.89. The molecule has 0 saturated heterocycles. The van der Waals surface area contributed by atoms with E-state index in [4.69, 9.17) is 16.3 Å². The zero-order valence-electron chi connectivity index (χ0n) is 13.4. The number of aromatic nitrogens is 3. The van der Waals surface area contributed by atoms with Gasteiger partial charge in [0, 0.05) is 29.3 Å². The second-order valence-electron chi connectivity index (χ2n) is 5.36. The van der Waals surface area contributed by atoms with E-state index in [1.807, 2.05) is 36.6 Å². The fourth-order valence-corrected chi connectivity index (χ4v) is 2.77. The van der Waals surface area contributed by atoms with Crippen molar-refractivity contribution < 1.29 is 9.53 Å². The molecule has 3 aromatic heterocycles. The van der Waals surface area contributed by atoms with Crippen molar-refractivity contribution in [2.75, 3.05) is 0 Å². The van der Waals surface area contributed by atoms with Crippen LogP contribution in [0, 0.1) is 13.8 Å². The van der Waals surface area contributed by atoms with E-state index in [2.05, 4.69) is 9.97 Å². The Hall–Kier alpha value is -2.66. The summed E-state index contributed by atoms with van der Waals surface area (Å²) in [5.74, 6) is -0.391. The summed E-state index contributed by atoms with van der Waals surface area (Å²) in [7, 11) is 0. The summed E-state index contributed by atoms with van der Waals surface area (Å²) in [5, 5.41) is 0.339.